The first-order valence-electron chi connectivity index (χ1n) is 7.93. The van der Waals surface area contributed by atoms with Gasteiger partial charge in [-0.1, -0.05) is 6.07 Å². The second-order valence-corrected chi connectivity index (χ2v) is 5.40. The van der Waals surface area contributed by atoms with Crippen LogP contribution in [0.4, 0.5) is 11.4 Å². The zero-order valence-corrected chi connectivity index (χ0v) is 13.5. The number of hydrogen-bond acceptors (Lipinski definition) is 5. The van der Waals surface area contributed by atoms with Gasteiger partial charge in [0.1, 0.15) is 11.3 Å². The molecule has 0 aliphatic heterocycles. The lowest BCUT2D eigenvalue weighted by atomic mass is 10.1. The Morgan fingerprint density at radius 3 is 2.71 bits per heavy atom. The smallest absolute Gasteiger partial charge is 0.195 e. The van der Waals surface area contributed by atoms with E-state index in [4.69, 9.17) is 14.9 Å². The molecule has 5 nitrogen and oxygen atoms in total. The summed E-state index contributed by atoms with van der Waals surface area (Å²) in [6.45, 7) is 4.10. The highest BCUT2D eigenvalue weighted by atomic mass is 16.5. The maximum absolute atomic E-state index is 12.3. The molecule has 5 heteroatoms. The van der Waals surface area contributed by atoms with Gasteiger partial charge in [0.05, 0.1) is 12.0 Å². The standard InChI is InChI=1S/C19H20N2O3/c1-2-23-11-10-21-14-8-6-13(7-9-14)18-12-16(22)19-15(20)4-3-5-17(19)24-18/h3-9,12,21H,2,10-11,20H2,1H3. The Balaban J connectivity index is 1.84. The molecule has 0 unspecified atom stereocenters. The van der Waals surface area contributed by atoms with Crippen molar-refractivity contribution >= 4 is 22.3 Å². The third kappa shape index (κ3) is 3.41. The Labute approximate surface area is 140 Å². The van der Waals surface area contributed by atoms with Crippen LogP contribution in [0, 0.1) is 0 Å². The van der Waals surface area contributed by atoms with Gasteiger partial charge in [-0.15, -0.1) is 0 Å². The second-order valence-electron chi connectivity index (χ2n) is 5.40. The molecule has 0 radical (unpaired) electrons. The van der Waals surface area contributed by atoms with Crippen molar-refractivity contribution in [1.82, 2.24) is 0 Å². The Bertz CT molecular complexity index is 885. The van der Waals surface area contributed by atoms with Gasteiger partial charge >= 0.3 is 0 Å². The van der Waals surface area contributed by atoms with E-state index >= 15 is 0 Å². The molecule has 0 spiro atoms. The molecule has 24 heavy (non-hydrogen) atoms. The predicted molar refractivity (Wildman–Crippen MR) is 97.3 cm³/mol. The van der Waals surface area contributed by atoms with E-state index in [0.29, 0.717) is 35.6 Å². The highest BCUT2D eigenvalue weighted by Gasteiger charge is 2.09. The Morgan fingerprint density at radius 1 is 1.17 bits per heavy atom. The van der Waals surface area contributed by atoms with Gasteiger partial charge in [-0.3, -0.25) is 4.79 Å². The summed E-state index contributed by atoms with van der Waals surface area (Å²) in [5, 5.41) is 3.70. The predicted octanol–water partition coefficient (Wildman–Crippen LogP) is 3.49. The number of hydrogen-bond donors (Lipinski definition) is 2. The molecule has 0 aliphatic carbocycles. The molecule has 1 aromatic heterocycles. The van der Waals surface area contributed by atoms with Crippen molar-refractivity contribution in [2.24, 2.45) is 0 Å². The average molecular weight is 324 g/mol. The summed E-state index contributed by atoms with van der Waals surface area (Å²) < 4.78 is 11.1. The third-order valence-corrected chi connectivity index (χ3v) is 3.74. The van der Waals surface area contributed by atoms with Crippen molar-refractivity contribution in [3.8, 4) is 11.3 Å². The molecule has 1 heterocycles. The van der Waals surface area contributed by atoms with Crippen LogP contribution in [0.1, 0.15) is 6.92 Å². The molecule has 0 saturated carbocycles. The lowest BCUT2D eigenvalue weighted by Gasteiger charge is -2.08. The van der Waals surface area contributed by atoms with Gasteiger partial charge in [-0.2, -0.15) is 0 Å². The number of rotatable bonds is 6. The summed E-state index contributed by atoms with van der Waals surface area (Å²) in [4.78, 5) is 12.3. The van der Waals surface area contributed by atoms with E-state index in [1.165, 1.54) is 6.07 Å². The van der Waals surface area contributed by atoms with Crippen LogP contribution < -0.4 is 16.5 Å². The van der Waals surface area contributed by atoms with Crippen LogP contribution in [0.2, 0.25) is 0 Å². The first kappa shape index (κ1) is 16.1. The van der Waals surface area contributed by atoms with Gasteiger partial charge in [0.15, 0.2) is 5.43 Å². The SMILES string of the molecule is CCOCCNc1ccc(-c2cc(=O)c3c(N)cccc3o2)cc1. The minimum absolute atomic E-state index is 0.136. The van der Waals surface area contributed by atoms with Crippen molar-refractivity contribution in [1.29, 1.82) is 0 Å². The van der Waals surface area contributed by atoms with Gasteiger partial charge in [0.25, 0.3) is 0 Å². The lowest BCUT2D eigenvalue weighted by molar-refractivity contribution is 0.158. The Kier molecular flexibility index (Phi) is 4.82. The monoisotopic (exact) mass is 324 g/mol. The van der Waals surface area contributed by atoms with Gasteiger partial charge < -0.3 is 20.2 Å². The minimum Gasteiger partial charge on any atom is -0.456 e. The van der Waals surface area contributed by atoms with Crippen molar-refractivity contribution in [3.05, 3.63) is 58.8 Å². The topological polar surface area (TPSA) is 77.5 Å². The normalized spacial score (nSPS) is 10.9. The number of ether oxygens (including phenoxy) is 1. The fourth-order valence-corrected chi connectivity index (χ4v) is 2.54. The first-order valence-corrected chi connectivity index (χ1v) is 7.93. The molecule has 0 atom stereocenters. The summed E-state index contributed by atoms with van der Waals surface area (Å²) in [6, 6.07) is 14.4. The molecule has 0 amide bonds. The minimum atomic E-state index is -0.136. The van der Waals surface area contributed by atoms with Gasteiger partial charge in [0.2, 0.25) is 0 Å². The van der Waals surface area contributed by atoms with E-state index in [1.54, 1.807) is 18.2 Å². The van der Waals surface area contributed by atoms with Gasteiger partial charge in [-0.25, -0.2) is 0 Å². The molecule has 3 rings (SSSR count). The summed E-state index contributed by atoms with van der Waals surface area (Å²) in [7, 11) is 0. The molecule has 0 aliphatic rings. The Hall–Kier alpha value is -2.79. The van der Waals surface area contributed by atoms with Crippen LogP contribution in [0.25, 0.3) is 22.3 Å². The molecule has 3 N–H and O–H groups in total. The van der Waals surface area contributed by atoms with E-state index in [0.717, 1.165) is 17.8 Å². The van der Waals surface area contributed by atoms with Crippen LogP contribution in [-0.2, 0) is 4.74 Å². The van der Waals surface area contributed by atoms with Crippen molar-refractivity contribution < 1.29 is 9.15 Å². The second kappa shape index (κ2) is 7.19. The first-order chi connectivity index (χ1) is 11.7. The molecule has 0 fully saturated rings. The van der Waals surface area contributed by atoms with Crippen molar-refractivity contribution in [2.75, 3.05) is 30.8 Å². The molecular weight excluding hydrogens is 304 g/mol. The fraction of sp³-hybridized carbons (Fsp3) is 0.211. The number of anilines is 2. The van der Waals surface area contributed by atoms with Gasteiger partial charge in [0, 0.05) is 36.2 Å². The quantitative estimate of drug-likeness (QED) is 0.536. The largest absolute Gasteiger partial charge is 0.456 e. The summed E-state index contributed by atoms with van der Waals surface area (Å²) in [6.07, 6.45) is 0. The molecule has 0 saturated heterocycles. The van der Waals surface area contributed by atoms with E-state index in [-0.39, 0.29) is 5.43 Å². The van der Waals surface area contributed by atoms with Crippen LogP contribution in [0.5, 0.6) is 0 Å². The number of fused-ring (bicyclic) bond motifs is 1. The molecule has 3 aromatic rings. The van der Waals surface area contributed by atoms with Crippen LogP contribution in [-0.4, -0.2) is 19.8 Å². The molecular formula is C19H20N2O3. The zero-order valence-electron chi connectivity index (χ0n) is 13.5. The van der Waals surface area contributed by atoms with E-state index in [9.17, 15) is 4.79 Å². The van der Waals surface area contributed by atoms with Crippen LogP contribution in [0.3, 0.4) is 0 Å². The molecule has 2 aromatic carbocycles. The number of nitrogen functional groups attached to an aromatic ring is 1. The van der Waals surface area contributed by atoms with Crippen LogP contribution in [0.15, 0.2) is 57.7 Å². The van der Waals surface area contributed by atoms with E-state index in [1.807, 2.05) is 31.2 Å². The number of nitrogens with two attached hydrogens (primary N) is 1. The summed E-state index contributed by atoms with van der Waals surface area (Å²) in [5.74, 6) is 0.527. The highest BCUT2D eigenvalue weighted by Crippen LogP contribution is 2.25. The van der Waals surface area contributed by atoms with Crippen molar-refractivity contribution in [2.45, 2.75) is 6.92 Å². The fourth-order valence-electron chi connectivity index (χ4n) is 2.54. The highest BCUT2D eigenvalue weighted by molar-refractivity contribution is 5.89. The molecule has 124 valence electrons. The summed E-state index contributed by atoms with van der Waals surface area (Å²) >= 11 is 0. The zero-order chi connectivity index (χ0) is 16.9. The maximum atomic E-state index is 12.3. The average Bonchev–Trinajstić information content (AvgIpc) is 2.59. The van der Waals surface area contributed by atoms with Crippen molar-refractivity contribution in [3.63, 3.8) is 0 Å². The lowest BCUT2D eigenvalue weighted by Crippen LogP contribution is -2.08. The Morgan fingerprint density at radius 2 is 1.96 bits per heavy atom. The number of benzene rings is 2. The number of nitrogens with one attached hydrogen (secondary N) is 1. The third-order valence-electron chi connectivity index (χ3n) is 3.74. The maximum Gasteiger partial charge on any atom is 0.195 e. The molecule has 0 bridgehead atoms. The summed E-state index contributed by atoms with van der Waals surface area (Å²) in [5.41, 5.74) is 8.48. The van der Waals surface area contributed by atoms with Gasteiger partial charge in [-0.05, 0) is 43.3 Å². The van der Waals surface area contributed by atoms with E-state index in [2.05, 4.69) is 5.32 Å². The van der Waals surface area contributed by atoms with Crippen LogP contribution >= 0.6 is 0 Å². The van der Waals surface area contributed by atoms with E-state index < -0.39 is 0 Å².